The molecule has 0 radical (unpaired) electrons. The maximum absolute atomic E-state index is 13.3. The third-order valence-electron chi connectivity index (χ3n) is 6.02. The molecular weight excluding hydrogens is 432 g/mol. The summed E-state index contributed by atoms with van der Waals surface area (Å²) in [6.45, 7) is 4.32. The van der Waals surface area contributed by atoms with Gasteiger partial charge in [0.15, 0.2) is 0 Å². The lowest BCUT2D eigenvalue weighted by atomic mass is 9.95. The van der Waals surface area contributed by atoms with Crippen LogP contribution in [0.3, 0.4) is 0 Å². The largest absolute Gasteiger partial charge is 0.507 e. The number of nitrogens with zero attached hydrogens (tertiary/aromatic N) is 2. The van der Waals surface area contributed by atoms with Crippen LogP contribution in [0.15, 0.2) is 72.6 Å². The molecule has 2 atom stereocenters. The molecule has 7 nitrogen and oxygen atoms in total. The molecule has 2 unspecified atom stereocenters. The van der Waals surface area contributed by atoms with Gasteiger partial charge in [0, 0.05) is 36.1 Å². The Morgan fingerprint density at radius 3 is 2.79 bits per heavy atom. The SMILES string of the molecule is CCOc1cccc(N2C(=O)C(=O)/C(=C(/O)c3ccc4c(c3)CC(C)O4)C2c2cccnc2)c1. The summed E-state index contributed by atoms with van der Waals surface area (Å²) in [6, 6.07) is 15.0. The van der Waals surface area contributed by atoms with Gasteiger partial charge in [0.05, 0.1) is 18.2 Å². The van der Waals surface area contributed by atoms with Crippen LogP contribution < -0.4 is 14.4 Å². The summed E-state index contributed by atoms with van der Waals surface area (Å²) in [5.41, 5.74) is 2.55. The Kier molecular flexibility index (Phi) is 5.53. The molecule has 5 rings (SSSR count). The summed E-state index contributed by atoms with van der Waals surface area (Å²) < 4.78 is 11.3. The zero-order valence-electron chi connectivity index (χ0n) is 18.9. The molecule has 2 aromatic carbocycles. The number of aliphatic hydroxyl groups excluding tert-OH is 1. The Labute approximate surface area is 197 Å². The second kappa shape index (κ2) is 8.67. The summed E-state index contributed by atoms with van der Waals surface area (Å²) in [4.78, 5) is 32.2. The fraction of sp³-hybridized carbons (Fsp3) is 0.222. The number of benzene rings is 2. The number of anilines is 1. The molecule has 172 valence electrons. The molecule has 3 heterocycles. The van der Waals surface area contributed by atoms with Gasteiger partial charge in [0.2, 0.25) is 0 Å². The van der Waals surface area contributed by atoms with E-state index in [-0.39, 0.29) is 17.4 Å². The standard InChI is InChI=1S/C27H24N2O5/c1-3-33-21-8-4-7-20(14-21)29-24(18-6-5-11-28-15-18)23(26(31)27(29)32)25(30)17-9-10-22-19(13-17)12-16(2)34-22/h4-11,13-16,24,30H,3,12H2,1-2H3/b25-23+. The highest BCUT2D eigenvalue weighted by atomic mass is 16.5. The minimum Gasteiger partial charge on any atom is -0.507 e. The number of aliphatic hydroxyl groups is 1. The number of carbonyl (C=O) groups excluding carboxylic acids is 2. The van der Waals surface area contributed by atoms with Gasteiger partial charge < -0.3 is 14.6 Å². The second-order valence-electron chi connectivity index (χ2n) is 8.34. The number of Topliss-reactive ketones (excluding diaryl/α,β-unsaturated/α-hetero) is 1. The molecule has 1 aromatic heterocycles. The van der Waals surface area contributed by atoms with Gasteiger partial charge in [-0.15, -0.1) is 0 Å². The predicted octanol–water partition coefficient (Wildman–Crippen LogP) is 4.43. The Balaban J connectivity index is 1.66. The highest BCUT2D eigenvalue weighted by Gasteiger charge is 2.47. The maximum atomic E-state index is 13.3. The lowest BCUT2D eigenvalue weighted by Gasteiger charge is -2.25. The van der Waals surface area contributed by atoms with Crippen molar-refractivity contribution in [1.29, 1.82) is 0 Å². The highest BCUT2D eigenvalue weighted by Crippen LogP contribution is 2.43. The Morgan fingerprint density at radius 2 is 2.03 bits per heavy atom. The van der Waals surface area contributed by atoms with Gasteiger partial charge in [0.25, 0.3) is 11.7 Å². The van der Waals surface area contributed by atoms with E-state index in [4.69, 9.17) is 9.47 Å². The van der Waals surface area contributed by atoms with Crippen LogP contribution in [0.1, 0.15) is 36.6 Å². The van der Waals surface area contributed by atoms with Gasteiger partial charge >= 0.3 is 0 Å². The second-order valence-corrected chi connectivity index (χ2v) is 8.34. The van der Waals surface area contributed by atoms with Crippen LogP contribution in [0, 0.1) is 0 Å². The van der Waals surface area contributed by atoms with Crippen molar-refractivity contribution >= 4 is 23.1 Å². The summed E-state index contributed by atoms with van der Waals surface area (Å²) in [5, 5.41) is 11.3. The molecule has 2 aliphatic rings. The van der Waals surface area contributed by atoms with E-state index in [1.807, 2.05) is 19.9 Å². The van der Waals surface area contributed by atoms with Crippen molar-refractivity contribution < 1.29 is 24.2 Å². The van der Waals surface area contributed by atoms with Crippen LogP contribution >= 0.6 is 0 Å². The van der Waals surface area contributed by atoms with E-state index in [0.717, 1.165) is 11.3 Å². The quantitative estimate of drug-likeness (QED) is 0.347. The van der Waals surface area contributed by atoms with Crippen LogP contribution in [-0.2, 0) is 16.0 Å². The number of ketones is 1. The molecule has 1 saturated heterocycles. The fourth-order valence-electron chi connectivity index (χ4n) is 4.57. The number of hydrogen-bond acceptors (Lipinski definition) is 6. The van der Waals surface area contributed by atoms with Gasteiger partial charge in [-0.2, -0.15) is 0 Å². The lowest BCUT2D eigenvalue weighted by molar-refractivity contribution is -0.132. The minimum absolute atomic E-state index is 0.0201. The Bertz CT molecular complexity index is 1300. The van der Waals surface area contributed by atoms with Gasteiger partial charge in [-0.3, -0.25) is 19.5 Å². The molecule has 1 fully saturated rings. The zero-order valence-corrected chi connectivity index (χ0v) is 18.9. The molecule has 0 bridgehead atoms. The zero-order chi connectivity index (χ0) is 23.8. The van der Waals surface area contributed by atoms with Crippen molar-refractivity contribution in [3.05, 3.63) is 89.3 Å². The third-order valence-corrected chi connectivity index (χ3v) is 6.02. The summed E-state index contributed by atoms with van der Waals surface area (Å²) >= 11 is 0. The van der Waals surface area contributed by atoms with E-state index in [1.54, 1.807) is 60.9 Å². The molecule has 7 heteroatoms. The summed E-state index contributed by atoms with van der Waals surface area (Å²) in [5.74, 6) is -0.348. The van der Waals surface area contributed by atoms with E-state index >= 15 is 0 Å². The number of fused-ring (bicyclic) bond motifs is 1. The van der Waals surface area contributed by atoms with E-state index in [1.165, 1.54) is 4.90 Å². The summed E-state index contributed by atoms with van der Waals surface area (Å²) in [6.07, 6.45) is 3.97. The van der Waals surface area contributed by atoms with Crippen LogP contribution in [-0.4, -0.2) is 34.5 Å². The number of aromatic nitrogens is 1. The molecular formula is C27H24N2O5. The highest BCUT2D eigenvalue weighted by molar-refractivity contribution is 6.51. The average molecular weight is 456 g/mol. The van der Waals surface area contributed by atoms with Crippen molar-refractivity contribution in [2.75, 3.05) is 11.5 Å². The van der Waals surface area contributed by atoms with E-state index in [0.29, 0.717) is 35.6 Å². The van der Waals surface area contributed by atoms with Gasteiger partial charge in [-0.1, -0.05) is 12.1 Å². The molecule has 3 aromatic rings. The average Bonchev–Trinajstić information content (AvgIpc) is 3.35. The number of hydrogen-bond donors (Lipinski definition) is 1. The number of ether oxygens (including phenoxy) is 2. The first-order chi connectivity index (χ1) is 16.5. The fourth-order valence-corrected chi connectivity index (χ4v) is 4.57. The van der Waals surface area contributed by atoms with E-state index in [9.17, 15) is 14.7 Å². The summed E-state index contributed by atoms with van der Waals surface area (Å²) in [7, 11) is 0. The molecule has 34 heavy (non-hydrogen) atoms. The topological polar surface area (TPSA) is 89.0 Å². The van der Waals surface area contributed by atoms with Gasteiger partial charge in [0.1, 0.15) is 23.4 Å². The van der Waals surface area contributed by atoms with Gasteiger partial charge in [-0.05, 0) is 61.4 Å². The van der Waals surface area contributed by atoms with Gasteiger partial charge in [-0.25, -0.2) is 0 Å². The molecule has 0 saturated carbocycles. The first kappa shape index (κ1) is 21.7. The molecule has 0 spiro atoms. The van der Waals surface area contributed by atoms with Crippen molar-refractivity contribution in [3.63, 3.8) is 0 Å². The number of pyridine rings is 1. The minimum atomic E-state index is -0.839. The van der Waals surface area contributed by atoms with Crippen LogP contribution in [0.4, 0.5) is 5.69 Å². The van der Waals surface area contributed by atoms with Crippen LogP contribution in [0.25, 0.3) is 5.76 Å². The third kappa shape index (κ3) is 3.69. The predicted molar refractivity (Wildman–Crippen MR) is 127 cm³/mol. The first-order valence-corrected chi connectivity index (χ1v) is 11.2. The number of carbonyl (C=O) groups is 2. The smallest absolute Gasteiger partial charge is 0.300 e. The van der Waals surface area contributed by atoms with Crippen molar-refractivity contribution in [3.8, 4) is 11.5 Å². The van der Waals surface area contributed by atoms with E-state index in [2.05, 4.69) is 4.98 Å². The van der Waals surface area contributed by atoms with Crippen molar-refractivity contribution in [1.82, 2.24) is 4.98 Å². The Morgan fingerprint density at radius 1 is 1.18 bits per heavy atom. The normalized spacial score (nSPS) is 20.8. The molecule has 0 aliphatic carbocycles. The monoisotopic (exact) mass is 456 g/mol. The molecule has 1 N–H and O–H groups in total. The lowest BCUT2D eigenvalue weighted by Crippen LogP contribution is -2.29. The van der Waals surface area contributed by atoms with Crippen LogP contribution in [0.5, 0.6) is 11.5 Å². The maximum Gasteiger partial charge on any atom is 0.300 e. The number of amides is 1. The molecule has 1 amide bonds. The van der Waals surface area contributed by atoms with Crippen LogP contribution in [0.2, 0.25) is 0 Å². The molecule has 2 aliphatic heterocycles. The van der Waals surface area contributed by atoms with Crippen molar-refractivity contribution in [2.24, 2.45) is 0 Å². The number of rotatable bonds is 5. The Hall–Kier alpha value is -4.13. The van der Waals surface area contributed by atoms with E-state index < -0.39 is 17.7 Å². The van der Waals surface area contributed by atoms with Crippen molar-refractivity contribution in [2.45, 2.75) is 32.4 Å². The first-order valence-electron chi connectivity index (χ1n) is 11.2.